The highest BCUT2D eigenvalue weighted by Gasteiger charge is 2.37. The van der Waals surface area contributed by atoms with Gasteiger partial charge in [-0.25, -0.2) is 4.79 Å². The Morgan fingerprint density at radius 3 is 2.10 bits per heavy atom. The van der Waals surface area contributed by atoms with Crippen molar-refractivity contribution in [1.82, 2.24) is 0 Å². The van der Waals surface area contributed by atoms with E-state index in [-0.39, 0.29) is 23.6 Å². The highest BCUT2D eigenvalue weighted by atomic mass is 35.5. The van der Waals surface area contributed by atoms with Crippen LogP contribution < -0.4 is 18.9 Å². The van der Waals surface area contributed by atoms with Crippen molar-refractivity contribution in [3.05, 3.63) is 47.5 Å². The van der Waals surface area contributed by atoms with Gasteiger partial charge >= 0.3 is 11.4 Å². The third-order valence-corrected chi connectivity index (χ3v) is 5.21. The molecule has 1 heterocycles. The molecule has 0 aromatic heterocycles. The first-order chi connectivity index (χ1) is 14.4. The van der Waals surface area contributed by atoms with Gasteiger partial charge in [0.2, 0.25) is 0 Å². The molecule has 2 aromatic carbocycles. The van der Waals surface area contributed by atoms with Crippen LogP contribution in [0.25, 0.3) is 0 Å². The molecule has 7 nitrogen and oxygen atoms in total. The Morgan fingerprint density at radius 2 is 1.50 bits per heavy atom. The second-order valence-electron chi connectivity index (χ2n) is 6.92. The Hall–Kier alpha value is -2.93. The molecule has 0 aliphatic carbocycles. The topological polar surface area (TPSA) is 80.3 Å². The van der Waals surface area contributed by atoms with Crippen LogP contribution in [0.5, 0.6) is 23.0 Å². The number of benzene rings is 2. The Morgan fingerprint density at radius 1 is 0.933 bits per heavy atom. The lowest BCUT2D eigenvalue weighted by atomic mass is 9.85. The molecule has 0 spiro atoms. The zero-order valence-corrected chi connectivity index (χ0v) is 17.7. The normalized spacial score (nSPS) is 17.9. The molecule has 2 atom stereocenters. The van der Waals surface area contributed by atoms with Crippen molar-refractivity contribution >= 4 is 23.0 Å². The Kier molecular flexibility index (Phi) is 7.05. The predicted octanol–water partition coefficient (Wildman–Crippen LogP) is 4.02. The number of hydrogen-bond donors (Lipinski definition) is 0. The second kappa shape index (κ2) is 9.71. The first-order valence-electron chi connectivity index (χ1n) is 9.37. The Balaban J connectivity index is 1.76. The van der Waals surface area contributed by atoms with E-state index in [2.05, 4.69) is 0 Å². The van der Waals surface area contributed by atoms with E-state index in [1.54, 1.807) is 32.4 Å². The fraction of sp³-hybridized carbons (Fsp3) is 0.364. The summed E-state index contributed by atoms with van der Waals surface area (Å²) in [6.07, 6.45) is 1.14. The molecule has 3 rings (SSSR count). The van der Waals surface area contributed by atoms with Crippen molar-refractivity contribution in [3.63, 3.8) is 0 Å². The van der Waals surface area contributed by atoms with E-state index in [4.69, 9.17) is 35.3 Å². The lowest BCUT2D eigenvalue weighted by molar-refractivity contribution is -0.141. The van der Waals surface area contributed by atoms with Gasteiger partial charge in [-0.1, -0.05) is 12.1 Å². The second-order valence-corrected chi connectivity index (χ2v) is 7.23. The molecule has 160 valence electrons. The van der Waals surface area contributed by atoms with Crippen LogP contribution in [-0.2, 0) is 22.4 Å². The summed E-state index contributed by atoms with van der Waals surface area (Å²) in [5.41, 5.74) is 0.945. The van der Waals surface area contributed by atoms with Crippen LogP contribution in [0.2, 0.25) is 0 Å². The van der Waals surface area contributed by atoms with Crippen LogP contribution >= 0.6 is 11.6 Å². The fourth-order valence-corrected chi connectivity index (χ4v) is 3.71. The van der Waals surface area contributed by atoms with Gasteiger partial charge < -0.3 is 23.7 Å². The molecule has 0 N–H and O–H groups in total. The lowest BCUT2D eigenvalue weighted by Gasteiger charge is -2.17. The average Bonchev–Trinajstić information content (AvgIpc) is 3.07. The van der Waals surface area contributed by atoms with Gasteiger partial charge in [-0.15, -0.1) is 0 Å². The Labute approximate surface area is 179 Å². The quantitative estimate of drug-likeness (QED) is 0.458. The van der Waals surface area contributed by atoms with Crippen LogP contribution in [0.3, 0.4) is 0 Å². The number of hydrogen-bond acceptors (Lipinski definition) is 7. The van der Waals surface area contributed by atoms with Gasteiger partial charge in [0.15, 0.2) is 23.0 Å². The molecule has 30 heavy (non-hydrogen) atoms. The lowest BCUT2D eigenvalue weighted by Crippen LogP contribution is -2.20. The SMILES string of the molecule is COc1ccc(CC2COC(=O)[C@@H]2Cc2ccc(OC(=O)Cl)c(OC)c2)cc1OC. The third kappa shape index (κ3) is 4.97. The molecule has 1 saturated heterocycles. The molecule has 1 aliphatic rings. The van der Waals surface area contributed by atoms with Crippen LogP contribution in [0.1, 0.15) is 11.1 Å². The van der Waals surface area contributed by atoms with Crippen molar-refractivity contribution in [2.75, 3.05) is 27.9 Å². The summed E-state index contributed by atoms with van der Waals surface area (Å²) in [5.74, 6) is 1.37. The fourth-order valence-electron chi connectivity index (χ4n) is 3.63. The minimum Gasteiger partial charge on any atom is -0.493 e. The maximum Gasteiger partial charge on any atom is 0.409 e. The molecule has 1 fully saturated rings. The summed E-state index contributed by atoms with van der Waals surface area (Å²) in [5, 5.41) is 0. The van der Waals surface area contributed by atoms with Crippen LogP contribution in [0, 0.1) is 11.8 Å². The van der Waals surface area contributed by atoms with E-state index >= 15 is 0 Å². The van der Waals surface area contributed by atoms with Crippen LogP contribution in [-0.4, -0.2) is 39.3 Å². The number of rotatable bonds is 8. The highest BCUT2D eigenvalue weighted by Crippen LogP contribution is 2.35. The van der Waals surface area contributed by atoms with Crippen LogP contribution in [0.15, 0.2) is 36.4 Å². The summed E-state index contributed by atoms with van der Waals surface area (Å²) in [7, 11) is 4.64. The van der Waals surface area contributed by atoms with Gasteiger partial charge in [-0.05, 0) is 48.2 Å². The van der Waals surface area contributed by atoms with E-state index in [0.717, 1.165) is 11.1 Å². The van der Waals surface area contributed by atoms with Gasteiger partial charge in [-0.2, -0.15) is 0 Å². The van der Waals surface area contributed by atoms with Crippen LogP contribution in [0.4, 0.5) is 4.79 Å². The first-order valence-corrected chi connectivity index (χ1v) is 9.74. The standard InChI is InChI=1S/C22H23ClO7/c1-26-17-6-4-13(10-19(17)27-2)8-15-12-29-21(24)16(15)9-14-5-7-18(30-22(23)25)20(11-14)28-3/h4-7,10-11,15-16H,8-9,12H2,1-3H3/t15?,16-/m1/s1. The minimum absolute atomic E-state index is 0.0157. The van der Waals surface area contributed by atoms with Gasteiger partial charge in [0.1, 0.15) is 0 Å². The first kappa shape index (κ1) is 21.8. The average molecular weight is 435 g/mol. The molecule has 0 amide bonds. The molecule has 1 unspecified atom stereocenters. The van der Waals surface area contributed by atoms with Crippen molar-refractivity contribution < 1.29 is 33.3 Å². The number of ether oxygens (including phenoxy) is 5. The zero-order valence-electron chi connectivity index (χ0n) is 17.0. The molecule has 8 heteroatoms. The molecule has 0 saturated carbocycles. The van der Waals surface area contributed by atoms with E-state index in [0.29, 0.717) is 36.7 Å². The maximum atomic E-state index is 12.4. The van der Waals surface area contributed by atoms with E-state index in [1.807, 2.05) is 18.2 Å². The van der Waals surface area contributed by atoms with E-state index in [9.17, 15) is 9.59 Å². The van der Waals surface area contributed by atoms with Crippen molar-refractivity contribution in [1.29, 1.82) is 0 Å². The summed E-state index contributed by atoms with van der Waals surface area (Å²) in [6, 6.07) is 10.8. The number of cyclic esters (lactones) is 1. The molecule has 0 bridgehead atoms. The van der Waals surface area contributed by atoms with Gasteiger partial charge in [0.25, 0.3) is 0 Å². The van der Waals surface area contributed by atoms with Gasteiger partial charge in [0.05, 0.1) is 33.9 Å². The van der Waals surface area contributed by atoms with Crippen molar-refractivity contribution in [3.8, 4) is 23.0 Å². The smallest absolute Gasteiger partial charge is 0.409 e. The van der Waals surface area contributed by atoms with E-state index in [1.165, 1.54) is 7.11 Å². The van der Waals surface area contributed by atoms with E-state index < -0.39 is 5.43 Å². The highest BCUT2D eigenvalue weighted by molar-refractivity contribution is 6.61. The number of carbonyl (C=O) groups is 2. The molecule has 0 radical (unpaired) electrons. The molecule has 1 aliphatic heterocycles. The Bertz CT molecular complexity index is 928. The summed E-state index contributed by atoms with van der Waals surface area (Å²) < 4.78 is 26.2. The van der Waals surface area contributed by atoms with Crippen molar-refractivity contribution in [2.24, 2.45) is 11.8 Å². The summed E-state index contributed by atoms with van der Waals surface area (Å²) in [6.45, 7) is 0.358. The number of methoxy groups -OCH3 is 3. The summed E-state index contributed by atoms with van der Waals surface area (Å²) in [4.78, 5) is 23.4. The molecular formula is C22H23ClO7. The third-order valence-electron chi connectivity index (χ3n) is 5.13. The minimum atomic E-state index is -0.949. The van der Waals surface area contributed by atoms with Gasteiger partial charge in [-0.3, -0.25) is 4.79 Å². The number of carbonyl (C=O) groups excluding carboxylic acids is 2. The van der Waals surface area contributed by atoms with Gasteiger partial charge in [0, 0.05) is 17.5 Å². The molecular weight excluding hydrogens is 412 g/mol. The predicted molar refractivity (Wildman–Crippen MR) is 110 cm³/mol. The number of halogens is 1. The van der Waals surface area contributed by atoms with Crippen molar-refractivity contribution in [2.45, 2.75) is 12.8 Å². The maximum absolute atomic E-state index is 12.4. The number of esters is 1. The zero-order chi connectivity index (χ0) is 21.7. The largest absolute Gasteiger partial charge is 0.493 e. The molecule has 2 aromatic rings. The monoisotopic (exact) mass is 434 g/mol. The summed E-state index contributed by atoms with van der Waals surface area (Å²) >= 11 is 5.28.